The number of thiophene rings is 1. The van der Waals surface area contributed by atoms with Crippen molar-refractivity contribution in [3.8, 4) is 5.40 Å². The number of hydrogen-bond donors (Lipinski definition) is 1. The molecule has 1 aromatic carbocycles. The molecular formula is C17H14N4O2S2. The molecule has 3 aromatic rings. The molecule has 0 unspecified atom stereocenters. The summed E-state index contributed by atoms with van der Waals surface area (Å²) < 4.78 is 5.11. The van der Waals surface area contributed by atoms with Crippen LogP contribution in [0.1, 0.15) is 22.2 Å². The van der Waals surface area contributed by atoms with Gasteiger partial charge in [-0.25, -0.2) is 14.8 Å². The van der Waals surface area contributed by atoms with Crippen molar-refractivity contribution in [3.05, 3.63) is 41.0 Å². The number of benzene rings is 1. The zero-order valence-corrected chi connectivity index (χ0v) is 15.2. The second-order valence-electron chi connectivity index (χ2n) is 5.02. The van der Waals surface area contributed by atoms with Gasteiger partial charge in [-0.15, -0.1) is 11.3 Å². The number of anilines is 2. The van der Waals surface area contributed by atoms with Gasteiger partial charge in [0, 0.05) is 10.6 Å². The number of ether oxygens (including phenoxy) is 1. The summed E-state index contributed by atoms with van der Waals surface area (Å²) in [6.07, 6.45) is 1.47. The van der Waals surface area contributed by atoms with Crippen molar-refractivity contribution in [1.29, 1.82) is 5.26 Å². The van der Waals surface area contributed by atoms with Crippen molar-refractivity contribution in [2.75, 3.05) is 11.9 Å². The van der Waals surface area contributed by atoms with Crippen LogP contribution in [0.25, 0.3) is 10.2 Å². The van der Waals surface area contributed by atoms with Crippen molar-refractivity contribution in [1.82, 2.24) is 9.97 Å². The van der Waals surface area contributed by atoms with Gasteiger partial charge in [-0.1, -0.05) is 0 Å². The molecule has 0 atom stereocenters. The molecule has 2 aromatic heterocycles. The van der Waals surface area contributed by atoms with Gasteiger partial charge in [-0.3, -0.25) is 0 Å². The standard InChI is InChI=1S/C17H14N4O2S2/c1-3-23-17(22)14-10(2)13-15(19-9-20-16(13)25-14)21-11-4-6-12(7-5-11)24-8-18/h4-7,9H,3H2,1-2H3,(H,19,20,21). The maximum Gasteiger partial charge on any atom is 0.348 e. The molecular weight excluding hydrogens is 356 g/mol. The van der Waals surface area contributed by atoms with Gasteiger partial charge < -0.3 is 10.1 Å². The van der Waals surface area contributed by atoms with Crippen LogP contribution in [0.5, 0.6) is 0 Å². The van der Waals surface area contributed by atoms with Crippen molar-refractivity contribution in [2.24, 2.45) is 0 Å². The van der Waals surface area contributed by atoms with E-state index in [0.717, 1.165) is 38.1 Å². The Morgan fingerprint density at radius 2 is 2.12 bits per heavy atom. The number of thioether (sulfide) groups is 1. The molecule has 0 bridgehead atoms. The van der Waals surface area contributed by atoms with E-state index in [0.29, 0.717) is 17.3 Å². The fraction of sp³-hybridized carbons (Fsp3) is 0.176. The third-order valence-electron chi connectivity index (χ3n) is 3.47. The minimum absolute atomic E-state index is 0.330. The summed E-state index contributed by atoms with van der Waals surface area (Å²) in [5.41, 5.74) is 1.64. The number of esters is 1. The zero-order chi connectivity index (χ0) is 17.8. The number of carbonyl (C=O) groups excluding carboxylic acids is 1. The van der Waals surface area contributed by atoms with Crippen LogP contribution < -0.4 is 5.32 Å². The van der Waals surface area contributed by atoms with Crippen LogP contribution in [-0.2, 0) is 4.74 Å². The van der Waals surface area contributed by atoms with Crippen molar-refractivity contribution in [3.63, 3.8) is 0 Å². The molecule has 25 heavy (non-hydrogen) atoms. The summed E-state index contributed by atoms with van der Waals surface area (Å²) in [6.45, 7) is 3.98. The van der Waals surface area contributed by atoms with Gasteiger partial charge >= 0.3 is 5.97 Å². The van der Waals surface area contributed by atoms with E-state index in [-0.39, 0.29) is 5.97 Å². The summed E-state index contributed by atoms with van der Waals surface area (Å²) in [5.74, 6) is 0.293. The van der Waals surface area contributed by atoms with E-state index in [1.165, 1.54) is 17.7 Å². The Morgan fingerprint density at radius 3 is 2.80 bits per heavy atom. The van der Waals surface area contributed by atoms with E-state index in [4.69, 9.17) is 10.00 Å². The number of rotatable bonds is 5. The predicted molar refractivity (Wildman–Crippen MR) is 99.3 cm³/mol. The van der Waals surface area contributed by atoms with E-state index < -0.39 is 0 Å². The molecule has 0 aliphatic rings. The van der Waals surface area contributed by atoms with Crippen LogP contribution >= 0.6 is 23.1 Å². The van der Waals surface area contributed by atoms with Crippen LogP contribution in [0, 0.1) is 17.6 Å². The number of aromatic nitrogens is 2. The van der Waals surface area contributed by atoms with Gasteiger partial charge in [0.15, 0.2) is 0 Å². The van der Waals surface area contributed by atoms with Gasteiger partial charge in [0.1, 0.15) is 27.3 Å². The first-order valence-corrected chi connectivity index (χ1v) is 9.11. The first-order chi connectivity index (χ1) is 12.1. The molecule has 3 rings (SSSR count). The summed E-state index contributed by atoms with van der Waals surface area (Å²) in [5, 5.41) is 14.8. The Balaban J connectivity index is 1.96. The van der Waals surface area contributed by atoms with E-state index in [1.807, 2.05) is 36.6 Å². The summed E-state index contributed by atoms with van der Waals surface area (Å²) in [6, 6.07) is 7.47. The lowest BCUT2D eigenvalue weighted by Crippen LogP contribution is -2.03. The number of hydrogen-bond acceptors (Lipinski definition) is 8. The second kappa shape index (κ2) is 7.51. The number of nitriles is 1. The first kappa shape index (κ1) is 17.2. The van der Waals surface area contributed by atoms with Gasteiger partial charge in [-0.2, -0.15) is 5.26 Å². The van der Waals surface area contributed by atoms with Crippen LogP contribution in [0.2, 0.25) is 0 Å². The SMILES string of the molecule is CCOC(=O)c1sc2ncnc(Nc3ccc(SC#N)cc3)c2c1C. The molecule has 0 saturated carbocycles. The monoisotopic (exact) mass is 370 g/mol. The normalized spacial score (nSPS) is 10.4. The topological polar surface area (TPSA) is 87.9 Å². The molecule has 2 heterocycles. The summed E-state index contributed by atoms with van der Waals surface area (Å²) >= 11 is 2.41. The molecule has 0 radical (unpaired) electrons. The minimum atomic E-state index is -0.341. The van der Waals surface area contributed by atoms with Crippen LogP contribution in [0.15, 0.2) is 35.5 Å². The Morgan fingerprint density at radius 1 is 1.36 bits per heavy atom. The Labute approximate surface area is 152 Å². The fourth-order valence-corrected chi connectivity index (χ4v) is 3.77. The number of aryl methyl sites for hydroxylation is 1. The van der Waals surface area contributed by atoms with Gasteiger partial charge in [0.05, 0.1) is 12.0 Å². The molecule has 0 fully saturated rings. The van der Waals surface area contributed by atoms with E-state index >= 15 is 0 Å². The number of fused-ring (bicyclic) bond motifs is 1. The quantitative estimate of drug-likeness (QED) is 0.402. The lowest BCUT2D eigenvalue weighted by molar-refractivity contribution is 0.0531. The zero-order valence-electron chi connectivity index (χ0n) is 13.6. The molecule has 126 valence electrons. The molecule has 6 nitrogen and oxygen atoms in total. The fourth-order valence-electron chi connectivity index (χ4n) is 2.35. The van der Waals surface area contributed by atoms with Crippen molar-refractivity contribution < 1.29 is 9.53 Å². The molecule has 1 N–H and O–H groups in total. The lowest BCUT2D eigenvalue weighted by atomic mass is 10.2. The average molecular weight is 370 g/mol. The molecule has 0 aliphatic carbocycles. The van der Waals surface area contributed by atoms with Gasteiger partial charge in [-0.05, 0) is 55.4 Å². The largest absolute Gasteiger partial charge is 0.462 e. The maximum atomic E-state index is 12.1. The van der Waals surface area contributed by atoms with Gasteiger partial charge in [0.2, 0.25) is 0 Å². The second-order valence-corrected chi connectivity index (χ2v) is 6.88. The number of nitrogens with zero attached hydrogens (tertiary/aromatic N) is 3. The number of thiocyanates is 1. The summed E-state index contributed by atoms with van der Waals surface area (Å²) in [4.78, 5) is 22.8. The predicted octanol–water partition coefficient (Wildman–Crippen LogP) is 4.49. The van der Waals surface area contributed by atoms with E-state index in [2.05, 4.69) is 15.3 Å². The molecule has 0 amide bonds. The van der Waals surface area contributed by atoms with Gasteiger partial charge in [0.25, 0.3) is 0 Å². The van der Waals surface area contributed by atoms with Crippen LogP contribution in [0.4, 0.5) is 11.5 Å². The Bertz CT molecular complexity index is 961. The molecule has 0 spiro atoms. The van der Waals surface area contributed by atoms with Crippen LogP contribution in [0.3, 0.4) is 0 Å². The Hall–Kier alpha value is -2.63. The highest BCUT2D eigenvalue weighted by molar-refractivity contribution is 8.03. The number of nitrogens with one attached hydrogen (secondary N) is 1. The highest BCUT2D eigenvalue weighted by Crippen LogP contribution is 2.35. The smallest absolute Gasteiger partial charge is 0.348 e. The van der Waals surface area contributed by atoms with E-state index in [1.54, 1.807) is 6.92 Å². The average Bonchev–Trinajstić information content (AvgIpc) is 2.95. The highest BCUT2D eigenvalue weighted by atomic mass is 32.2. The minimum Gasteiger partial charge on any atom is -0.462 e. The first-order valence-electron chi connectivity index (χ1n) is 7.48. The third kappa shape index (κ3) is 3.57. The molecule has 8 heteroatoms. The Kier molecular flexibility index (Phi) is 5.16. The van der Waals surface area contributed by atoms with Crippen molar-refractivity contribution >= 4 is 50.8 Å². The van der Waals surface area contributed by atoms with Crippen LogP contribution in [-0.4, -0.2) is 22.5 Å². The lowest BCUT2D eigenvalue weighted by Gasteiger charge is -2.07. The summed E-state index contributed by atoms with van der Waals surface area (Å²) in [7, 11) is 0. The number of carbonyl (C=O) groups is 1. The third-order valence-corrected chi connectivity index (χ3v) is 5.25. The molecule has 0 aliphatic heterocycles. The molecule has 0 saturated heterocycles. The maximum absolute atomic E-state index is 12.1. The highest BCUT2D eigenvalue weighted by Gasteiger charge is 2.20. The van der Waals surface area contributed by atoms with Crippen molar-refractivity contribution in [2.45, 2.75) is 18.7 Å². The van der Waals surface area contributed by atoms with E-state index in [9.17, 15) is 4.79 Å².